The van der Waals surface area contributed by atoms with Crippen molar-refractivity contribution in [3.05, 3.63) is 0 Å². The van der Waals surface area contributed by atoms with Crippen LogP contribution in [0.2, 0.25) is 0 Å². The summed E-state index contributed by atoms with van der Waals surface area (Å²) in [5, 5.41) is 0. The summed E-state index contributed by atoms with van der Waals surface area (Å²) in [5.74, 6) is 0.225. The maximum absolute atomic E-state index is 11.2. The second-order valence-electron chi connectivity index (χ2n) is 3.57. The highest BCUT2D eigenvalue weighted by Gasteiger charge is 2.05. The Labute approximate surface area is 91.9 Å². The molecule has 0 atom stereocenters. The molecule has 0 rings (SSSR count). The van der Waals surface area contributed by atoms with Crippen LogP contribution in [0.15, 0.2) is 0 Å². The van der Waals surface area contributed by atoms with Crippen LogP contribution < -0.4 is 0 Å². The number of hydrogen-bond acceptors (Lipinski definition) is 4. The lowest BCUT2D eigenvalue weighted by atomic mass is 10.1. The van der Waals surface area contributed by atoms with Crippen molar-refractivity contribution in [3.63, 3.8) is 0 Å². The van der Waals surface area contributed by atoms with Gasteiger partial charge in [-0.05, 0) is 19.8 Å². The van der Waals surface area contributed by atoms with Crippen LogP contribution in [0.3, 0.4) is 0 Å². The summed E-state index contributed by atoms with van der Waals surface area (Å²) >= 11 is 0. The van der Waals surface area contributed by atoms with Crippen LogP contribution in [-0.2, 0) is 19.4 Å². The van der Waals surface area contributed by atoms with Crippen molar-refractivity contribution in [2.75, 3.05) is 25.2 Å². The highest BCUT2D eigenvalue weighted by molar-refractivity contribution is 7.90. The SMILES string of the molecule is CCOCCCC(=O)CCCS(C)(=O)=O. The monoisotopic (exact) mass is 236 g/mol. The Kier molecular flexibility index (Phi) is 7.60. The zero-order valence-corrected chi connectivity index (χ0v) is 10.3. The number of ketones is 1. The maximum Gasteiger partial charge on any atom is 0.147 e. The minimum Gasteiger partial charge on any atom is -0.382 e. The molecule has 0 radical (unpaired) electrons. The molecule has 90 valence electrons. The first-order valence-corrected chi connectivity index (χ1v) is 7.29. The number of sulfone groups is 1. The molecular weight excluding hydrogens is 216 g/mol. The normalized spacial score (nSPS) is 11.6. The third kappa shape index (κ3) is 11.5. The van der Waals surface area contributed by atoms with Crippen LogP contribution in [0.1, 0.15) is 32.6 Å². The van der Waals surface area contributed by atoms with E-state index in [0.717, 1.165) is 6.42 Å². The van der Waals surface area contributed by atoms with E-state index in [2.05, 4.69) is 0 Å². The number of carbonyl (C=O) groups excluding carboxylic acids is 1. The lowest BCUT2D eigenvalue weighted by Gasteiger charge is -2.01. The molecular formula is C10H20O4S. The molecule has 0 unspecified atom stereocenters. The molecule has 0 spiro atoms. The Morgan fingerprint density at radius 2 is 1.80 bits per heavy atom. The van der Waals surface area contributed by atoms with Crippen LogP contribution >= 0.6 is 0 Å². The van der Waals surface area contributed by atoms with Crippen molar-refractivity contribution < 1.29 is 17.9 Å². The number of rotatable bonds is 9. The van der Waals surface area contributed by atoms with Gasteiger partial charge in [0.2, 0.25) is 0 Å². The molecule has 0 amide bonds. The molecule has 15 heavy (non-hydrogen) atoms. The average molecular weight is 236 g/mol. The molecule has 0 aromatic rings. The number of Topliss-reactive ketones (excluding diaryl/α,β-unsaturated/α-hetero) is 1. The van der Waals surface area contributed by atoms with Gasteiger partial charge in [0.15, 0.2) is 0 Å². The minimum atomic E-state index is -2.93. The highest BCUT2D eigenvalue weighted by Crippen LogP contribution is 2.01. The maximum atomic E-state index is 11.2. The third-order valence-electron chi connectivity index (χ3n) is 1.92. The van der Waals surface area contributed by atoms with Crippen molar-refractivity contribution in [3.8, 4) is 0 Å². The molecule has 0 bridgehead atoms. The number of ether oxygens (including phenoxy) is 1. The lowest BCUT2D eigenvalue weighted by Crippen LogP contribution is -2.07. The Morgan fingerprint density at radius 3 is 2.33 bits per heavy atom. The highest BCUT2D eigenvalue weighted by atomic mass is 32.2. The largest absolute Gasteiger partial charge is 0.382 e. The minimum absolute atomic E-state index is 0.101. The first-order valence-electron chi connectivity index (χ1n) is 5.23. The predicted octanol–water partition coefficient (Wildman–Crippen LogP) is 1.20. The molecule has 0 saturated heterocycles. The van der Waals surface area contributed by atoms with Gasteiger partial charge in [-0.25, -0.2) is 8.42 Å². The van der Waals surface area contributed by atoms with Crippen LogP contribution in [0.4, 0.5) is 0 Å². The van der Waals surface area contributed by atoms with Gasteiger partial charge in [0.1, 0.15) is 15.6 Å². The summed E-state index contributed by atoms with van der Waals surface area (Å²) < 4.78 is 26.7. The van der Waals surface area contributed by atoms with E-state index in [-0.39, 0.29) is 11.5 Å². The molecule has 0 aliphatic carbocycles. The predicted molar refractivity (Wildman–Crippen MR) is 59.7 cm³/mol. The van der Waals surface area contributed by atoms with Gasteiger partial charge in [-0.2, -0.15) is 0 Å². The second kappa shape index (κ2) is 7.82. The summed E-state index contributed by atoms with van der Waals surface area (Å²) in [6.07, 6.45) is 3.20. The van der Waals surface area contributed by atoms with Gasteiger partial charge in [0.05, 0.1) is 5.75 Å². The first-order chi connectivity index (χ1) is 6.95. The topological polar surface area (TPSA) is 60.4 Å². The van der Waals surface area contributed by atoms with E-state index in [1.807, 2.05) is 6.92 Å². The van der Waals surface area contributed by atoms with E-state index in [1.165, 1.54) is 6.26 Å². The summed E-state index contributed by atoms with van der Waals surface area (Å²) in [6.45, 7) is 3.19. The van der Waals surface area contributed by atoms with Gasteiger partial charge < -0.3 is 4.74 Å². The van der Waals surface area contributed by atoms with Gasteiger partial charge >= 0.3 is 0 Å². The molecule has 0 heterocycles. The number of hydrogen-bond donors (Lipinski definition) is 0. The summed E-state index contributed by atoms with van der Waals surface area (Å²) in [5.41, 5.74) is 0. The van der Waals surface area contributed by atoms with Gasteiger partial charge in [0, 0.05) is 32.3 Å². The van der Waals surface area contributed by atoms with Crippen LogP contribution in [0.5, 0.6) is 0 Å². The van der Waals surface area contributed by atoms with E-state index < -0.39 is 9.84 Å². The van der Waals surface area contributed by atoms with Crippen molar-refractivity contribution in [1.82, 2.24) is 0 Å². The van der Waals surface area contributed by atoms with Crippen LogP contribution in [0, 0.1) is 0 Å². The quantitative estimate of drug-likeness (QED) is 0.564. The second-order valence-corrected chi connectivity index (χ2v) is 5.83. The molecule has 5 heteroatoms. The van der Waals surface area contributed by atoms with E-state index >= 15 is 0 Å². The first kappa shape index (κ1) is 14.6. The van der Waals surface area contributed by atoms with Crippen molar-refractivity contribution in [1.29, 1.82) is 0 Å². The fraction of sp³-hybridized carbons (Fsp3) is 0.900. The standard InChI is InChI=1S/C10H20O4S/c1-3-14-8-4-6-10(11)7-5-9-15(2,12)13/h3-9H2,1-2H3. The summed E-state index contributed by atoms with van der Waals surface area (Å²) in [4.78, 5) is 11.2. The van der Waals surface area contributed by atoms with E-state index in [1.54, 1.807) is 0 Å². The van der Waals surface area contributed by atoms with E-state index in [9.17, 15) is 13.2 Å². The Morgan fingerprint density at radius 1 is 1.20 bits per heavy atom. The third-order valence-corrected chi connectivity index (χ3v) is 2.95. The Balaban J connectivity index is 3.42. The molecule has 0 saturated carbocycles. The average Bonchev–Trinajstić information content (AvgIpc) is 2.10. The molecule has 0 N–H and O–H groups in total. The van der Waals surface area contributed by atoms with Crippen molar-refractivity contribution >= 4 is 15.6 Å². The number of carbonyl (C=O) groups is 1. The van der Waals surface area contributed by atoms with Gasteiger partial charge in [-0.1, -0.05) is 0 Å². The molecule has 0 aromatic carbocycles. The van der Waals surface area contributed by atoms with E-state index in [0.29, 0.717) is 32.5 Å². The molecule has 4 nitrogen and oxygen atoms in total. The Hall–Kier alpha value is -0.420. The smallest absolute Gasteiger partial charge is 0.147 e. The molecule has 0 aromatic heterocycles. The fourth-order valence-corrected chi connectivity index (χ4v) is 1.84. The van der Waals surface area contributed by atoms with Crippen molar-refractivity contribution in [2.45, 2.75) is 32.6 Å². The summed E-state index contributed by atoms with van der Waals surface area (Å²) in [6, 6.07) is 0. The zero-order valence-electron chi connectivity index (χ0n) is 9.49. The van der Waals surface area contributed by atoms with Gasteiger partial charge in [0.25, 0.3) is 0 Å². The van der Waals surface area contributed by atoms with Gasteiger partial charge in [-0.15, -0.1) is 0 Å². The summed E-state index contributed by atoms with van der Waals surface area (Å²) in [7, 11) is -2.93. The van der Waals surface area contributed by atoms with Crippen LogP contribution in [0.25, 0.3) is 0 Å². The van der Waals surface area contributed by atoms with Crippen molar-refractivity contribution in [2.24, 2.45) is 0 Å². The van der Waals surface area contributed by atoms with Gasteiger partial charge in [-0.3, -0.25) is 4.79 Å². The molecule has 0 aliphatic heterocycles. The Bertz CT molecular complexity index is 269. The van der Waals surface area contributed by atoms with Crippen LogP contribution in [-0.4, -0.2) is 39.4 Å². The zero-order chi connectivity index (χ0) is 11.7. The molecule has 0 aliphatic rings. The molecule has 0 fully saturated rings. The van der Waals surface area contributed by atoms with E-state index in [4.69, 9.17) is 4.74 Å². The lowest BCUT2D eigenvalue weighted by molar-refractivity contribution is -0.119. The fourth-order valence-electron chi connectivity index (χ4n) is 1.17.